The van der Waals surface area contributed by atoms with Crippen LogP contribution in [0.3, 0.4) is 0 Å². The molecule has 0 fully saturated rings. The Balaban J connectivity index is 0. The van der Waals surface area contributed by atoms with Gasteiger partial charge in [0.1, 0.15) is 0 Å². The molecule has 0 amide bonds. The summed E-state index contributed by atoms with van der Waals surface area (Å²) in [7, 11) is 0. The Morgan fingerprint density at radius 3 is 1.80 bits per heavy atom. The van der Waals surface area contributed by atoms with E-state index in [2.05, 4.69) is 12.2 Å². The zero-order valence-corrected chi connectivity index (χ0v) is 9.82. The summed E-state index contributed by atoms with van der Waals surface area (Å²) in [5.41, 5.74) is -2.16. The first-order chi connectivity index (χ1) is 4.12. The molecule has 0 bridgehead atoms. The van der Waals surface area contributed by atoms with Gasteiger partial charge in [-0.05, 0) is 25.7 Å². The second-order valence-corrected chi connectivity index (χ2v) is 6.59. The van der Waals surface area contributed by atoms with Crippen LogP contribution in [0.5, 0.6) is 0 Å². The fraction of sp³-hybridized carbons (Fsp3) is 1.00. The minimum absolute atomic E-state index is 0. The van der Waals surface area contributed by atoms with Gasteiger partial charge in [-0.25, -0.2) is 0 Å². The molecule has 0 heterocycles. The van der Waals surface area contributed by atoms with Gasteiger partial charge in [0.05, 0.1) is 13.2 Å². The summed E-state index contributed by atoms with van der Waals surface area (Å²) < 4.78 is 10.1. The Bertz CT molecular complexity index is 112. The molecule has 0 radical (unpaired) electrons. The van der Waals surface area contributed by atoms with Gasteiger partial charge in [-0.15, -0.1) is 0 Å². The summed E-state index contributed by atoms with van der Waals surface area (Å²) in [4.78, 5) is 0. The van der Waals surface area contributed by atoms with Gasteiger partial charge >= 0.3 is 0 Å². The third kappa shape index (κ3) is 7.56. The van der Waals surface area contributed by atoms with Gasteiger partial charge in [-0.2, -0.15) is 0 Å². The molecule has 0 rings (SSSR count). The average molecular weight is 238 g/mol. The Labute approximate surface area is 83.1 Å². The normalized spacial score (nSPS) is 10.7. The molecule has 0 atom stereocenters. The zero-order valence-electron chi connectivity index (χ0n) is 5.94. The largest absolute Gasteiger partial charge is 0.322 e. The molecule has 0 aromatic heterocycles. The van der Waals surface area contributed by atoms with Gasteiger partial charge in [-0.3, -0.25) is 0 Å². The molecule has 6 heteroatoms. The molecule has 0 aliphatic carbocycles. The fourth-order valence-corrected chi connectivity index (χ4v) is 2.42. The first kappa shape index (κ1) is 14.0. The van der Waals surface area contributed by atoms with Crippen LogP contribution < -0.4 is 0 Å². The van der Waals surface area contributed by atoms with E-state index in [9.17, 15) is 0 Å². The maximum Gasteiger partial charge on any atom is 0.244 e. The predicted molar refractivity (Wildman–Crippen MR) is 46.5 cm³/mol. The van der Waals surface area contributed by atoms with Crippen molar-refractivity contribution in [3.8, 4) is 0 Å². The minimum atomic E-state index is -2.16. The van der Waals surface area contributed by atoms with Crippen molar-refractivity contribution < 1.29 is 26.4 Å². The molecular weight excluding hydrogens is 227 g/mol. The van der Waals surface area contributed by atoms with E-state index < -0.39 is 5.69 Å². The smallest absolute Gasteiger partial charge is 0.244 e. The number of thiol groups is 1. The van der Waals surface area contributed by atoms with Crippen LogP contribution in [0.25, 0.3) is 0 Å². The molecule has 10 heavy (non-hydrogen) atoms. The van der Waals surface area contributed by atoms with E-state index in [4.69, 9.17) is 20.9 Å². The van der Waals surface area contributed by atoms with Crippen molar-refractivity contribution in [2.24, 2.45) is 0 Å². The quantitative estimate of drug-likeness (QED) is 0.598. The number of hydrogen-bond acceptors (Lipinski definition) is 3. The molecular formula is C4H11CrO2PS2. The molecule has 0 aliphatic heterocycles. The summed E-state index contributed by atoms with van der Waals surface area (Å²) in [6, 6.07) is 0. The molecule has 2 nitrogen and oxygen atoms in total. The van der Waals surface area contributed by atoms with Crippen LogP contribution in [0.2, 0.25) is 0 Å². The van der Waals surface area contributed by atoms with Gasteiger partial charge in [0.2, 0.25) is 5.69 Å². The summed E-state index contributed by atoms with van der Waals surface area (Å²) in [6.07, 6.45) is 0. The monoisotopic (exact) mass is 238 g/mol. The van der Waals surface area contributed by atoms with Crippen LogP contribution in [0, 0.1) is 0 Å². The first-order valence-corrected chi connectivity index (χ1v) is 6.53. The molecule has 0 saturated carbocycles. The zero-order chi connectivity index (χ0) is 7.33. The van der Waals surface area contributed by atoms with Crippen molar-refractivity contribution in [3.05, 3.63) is 0 Å². The number of hydrogen-bond donors (Lipinski definition) is 1. The summed E-state index contributed by atoms with van der Waals surface area (Å²) in [5, 5.41) is 0. The van der Waals surface area contributed by atoms with Crippen LogP contribution >= 0.6 is 17.9 Å². The third-order valence-corrected chi connectivity index (χ3v) is 3.08. The van der Waals surface area contributed by atoms with Crippen molar-refractivity contribution in [1.29, 1.82) is 0 Å². The molecule has 0 N–H and O–H groups in total. The molecule has 0 aromatic carbocycles. The van der Waals surface area contributed by atoms with E-state index >= 15 is 0 Å². The second-order valence-electron chi connectivity index (χ2n) is 1.30. The Morgan fingerprint density at radius 2 is 1.60 bits per heavy atom. The molecule has 0 spiro atoms. The van der Waals surface area contributed by atoms with Gasteiger partial charge in [-0.1, -0.05) is 12.2 Å². The Morgan fingerprint density at radius 1 is 1.30 bits per heavy atom. The van der Waals surface area contributed by atoms with Crippen molar-refractivity contribution in [2.75, 3.05) is 13.2 Å². The molecule has 0 saturated heterocycles. The van der Waals surface area contributed by atoms with Crippen molar-refractivity contribution in [1.82, 2.24) is 0 Å². The van der Waals surface area contributed by atoms with Crippen molar-refractivity contribution in [3.63, 3.8) is 0 Å². The predicted octanol–water partition coefficient (Wildman–Crippen LogP) is 2.21. The van der Waals surface area contributed by atoms with E-state index in [1.54, 1.807) is 0 Å². The SMILES string of the molecule is CCOP(=S)(S)OCC.[Cr]. The van der Waals surface area contributed by atoms with Crippen molar-refractivity contribution in [2.45, 2.75) is 13.8 Å². The minimum Gasteiger partial charge on any atom is -0.322 e. The Kier molecular flexibility index (Phi) is 9.97. The van der Waals surface area contributed by atoms with Crippen LogP contribution in [-0.4, -0.2) is 13.2 Å². The standard InChI is InChI=1S/C4H11O2PS2.Cr/c1-3-5-7(8,9)6-4-2;/h3-4H2,1-2H3,(H,8,9);. The fourth-order valence-electron chi connectivity index (χ4n) is 0.364. The van der Waals surface area contributed by atoms with E-state index in [1.807, 2.05) is 13.8 Å². The molecule has 0 aromatic rings. The van der Waals surface area contributed by atoms with E-state index in [0.29, 0.717) is 13.2 Å². The van der Waals surface area contributed by atoms with Crippen LogP contribution in [0.1, 0.15) is 13.8 Å². The third-order valence-electron chi connectivity index (χ3n) is 0.584. The van der Waals surface area contributed by atoms with Crippen LogP contribution in [0.15, 0.2) is 0 Å². The van der Waals surface area contributed by atoms with Gasteiger partial charge in [0.15, 0.2) is 0 Å². The molecule has 0 aliphatic rings. The van der Waals surface area contributed by atoms with Crippen LogP contribution in [-0.2, 0) is 38.2 Å². The summed E-state index contributed by atoms with van der Waals surface area (Å²) >= 11 is 8.90. The van der Waals surface area contributed by atoms with Gasteiger partial charge < -0.3 is 9.05 Å². The van der Waals surface area contributed by atoms with E-state index in [1.165, 1.54) is 0 Å². The van der Waals surface area contributed by atoms with E-state index in [-0.39, 0.29) is 17.4 Å². The average Bonchev–Trinajstić information content (AvgIpc) is 1.64. The molecule has 62 valence electrons. The number of rotatable bonds is 4. The summed E-state index contributed by atoms with van der Waals surface area (Å²) in [5.74, 6) is 0. The maximum atomic E-state index is 5.04. The van der Waals surface area contributed by atoms with Crippen LogP contribution in [0.4, 0.5) is 0 Å². The van der Waals surface area contributed by atoms with Crippen molar-refractivity contribution >= 4 is 29.7 Å². The van der Waals surface area contributed by atoms with Gasteiger partial charge in [0.25, 0.3) is 0 Å². The first-order valence-electron chi connectivity index (χ1n) is 2.74. The Hall–Kier alpha value is 1.45. The summed E-state index contributed by atoms with van der Waals surface area (Å²) in [6.45, 7) is 4.88. The maximum absolute atomic E-state index is 5.04. The topological polar surface area (TPSA) is 18.5 Å². The molecule has 0 unspecified atom stereocenters. The second kappa shape index (κ2) is 7.12. The van der Waals surface area contributed by atoms with E-state index in [0.717, 1.165) is 0 Å². The van der Waals surface area contributed by atoms with Gasteiger partial charge in [0, 0.05) is 17.4 Å².